The summed E-state index contributed by atoms with van der Waals surface area (Å²) in [6, 6.07) is 0. The third kappa shape index (κ3) is 66.1. The highest BCUT2D eigenvalue weighted by Gasteiger charge is 2.19. The van der Waals surface area contributed by atoms with Gasteiger partial charge in [-0.05, 0) is 57.8 Å². The van der Waals surface area contributed by atoms with Crippen LogP contribution in [0.3, 0.4) is 0 Å². The molecule has 6 nitrogen and oxygen atoms in total. The highest BCUT2D eigenvalue weighted by atomic mass is 16.6. The van der Waals surface area contributed by atoms with E-state index in [9.17, 15) is 14.4 Å². The molecule has 79 heavy (non-hydrogen) atoms. The predicted octanol–water partition coefficient (Wildman–Crippen LogP) is 24.1. The van der Waals surface area contributed by atoms with Gasteiger partial charge >= 0.3 is 17.9 Å². The van der Waals surface area contributed by atoms with Crippen molar-refractivity contribution in [2.24, 2.45) is 0 Å². The third-order valence-electron chi connectivity index (χ3n) is 15.8. The fraction of sp³-hybridized carbons (Fsp3) is 0.849. The minimum Gasteiger partial charge on any atom is -0.462 e. The van der Waals surface area contributed by atoms with Gasteiger partial charge in [0.15, 0.2) is 6.10 Å². The fourth-order valence-corrected chi connectivity index (χ4v) is 10.6. The van der Waals surface area contributed by atoms with Gasteiger partial charge in [-0.15, -0.1) is 0 Å². The Labute approximate surface area is 492 Å². The molecule has 0 aromatic rings. The van der Waals surface area contributed by atoms with E-state index < -0.39 is 6.10 Å². The number of carbonyl (C=O) groups is 3. The smallest absolute Gasteiger partial charge is 0.306 e. The Balaban J connectivity index is 4.14. The quantitative estimate of drug-likeness (QED) is 0.0261. The first kappa shape index (κ1) is 76.4. The van der Waals surface area contributed by atoms with Crippen molar-refractivity contribution in [2.75, 3.05) is 13.2 Å². The fourth-order valence-electron chi connectivity index (χ4n) is 10.6. The molecule has 0 radical (unpaired) electrons. The number of esters is 3. The Bertz CT molecular complexity index is 1360. The molecule has 0 aliphatic rings. The summed E-state index contributed by atoms with van der Waals surface area (Å²) in [5.41, 5.74) is 0. The molecule has 0 heterocycles. The van der Waals surface area contributed by atoms with Crippen molar-refractivity contribution >= 4 is 17.9 Å². The van der Waals surface area contributed by atoms with Crippen molar-refractivity contribution in [2.45, 2.75) is 386 Å². The summed E-state index contributed by atoms with van der Waals surface area (Å²) in [7, 11) is 0. The summed E-state index contributed by atoms with van der Waals surface area (Å²) in [5, 5.41) is 0. The van der Waals surface area contributed by atoms with Crippen molar-refractivity contribution in [3.63, 3.8) is 0 Å². The summed E-state index contributed by atoms with van der Waals surface area (Å²) in [6.45, 7) is 6.58. The zero-order chi connectivity index (χ0) is 57.1. The number of rotatable bonds is 65. The molecule has 1 atom stereocenters. The van der Waals surface area contributed by atoms with Crippen LogP contribution in [0.4, 0.5) is 0 Å². The summed E-state index contributed by atoms with van der Waals surface area (Å²) in [6.07, 6.45) is 85.8. The molecule has 1 unspecified atom stereocenters. The van der Waals surface area contributed by atoms with Crippen molar-refractivity contribution in [1.82, 2.24) is 0 Å². The second kappa shape index (κ2) is 67.9. The van der Waals surface area contributed by atoms with Crippen LogP contribution < -0.4 is 0 Å². The average molecular weight is 1110 g/mol. The third-order valence-corrected chi connectivity index (χ3v) is 15.8. The Morgan fingerprint density at radius 2 is 0.494 bits per heavy atom. The van der Waals surface area contributed by atoms with E-state index in [1.165, 1.54) is 257 Å². The van der Waals surface area contributed by atoms with Gasteiger partial charge in [0.05, 0.1) is 0 Å². The van der Waals surface area contributed by atoms with E-state index in [1.54, 1.807) is 0 Å². The summed E-state index contributed by atoms with van der Waals surface area (Å²) < 4.78 is 17.0. The van der Waals surface area contributed by atoms with E-state index >= 15 is 0 Å². The Hall–Kier alpha value is -2.63. The molecule has 0 fully saturated rings. The largest absolute Gasteiger partial charge is 0.462 e. The molecule has 6 heteroatoms. The van der Waals surface area contributed by atoms with Gasteiger partial charge in [0, 0.05) is 19.3 Å². The molecule has 0 aromatic heterocycles. The predicted molar refractivity (Wildman–Crippen MR) is 344 cm³/mol. The van der Waals surface area contributed by atoms with Gasteiger partial charge in [-0.2, -0.15) is 0 Å². The number of carbonyl (C=O) groups excluding carboxylic acids is 3. The summed E-state index contributed by atoms with van der Waals surface area (Å²) in [5.74, 6) is -0.850. The molecule has 0 rings (SSSR count). The molecule has 0 aliphatic carbocycles. The lowest BCUT2D eigenvalue weighted by Gasteiger charge is -2.18. The molecule has 0 saturated carbocycles. The highest BCUT2D eigenvalue weighted by molar-refractivity contribution is 5.71. The van der Waals surface area contributed by atoms with Crippen molar-refractivity contribution < 1.29 is 28.6 Å². The van der Waals surface area contributed by atoms with Crippen LogP contribution in [0.5, 0.6) is 0 Å². The van der Waals surface area contributed by atoms with E-state index in [2.05, 4.69) is 69.4 Å². The van der Waals surface area contributed by atoms with E-state index in [0.717, 1.165) is 83.5 Å². The standard InChI is InChI=1S/C73H134O6/c1-4-7-10-13-16-19-22-24-26-28-30-32-34-35-36-37-38-40-41-43-45-47-49-51-54-57-60-63-66-72(75)78-69-70(68-77-71(74)65-62-59-56-53-21-18-15-12-9-6-3)79-73(76)67-64-61-58-55-52-50-48-46-44-42-39-33-31-29-27-25-23-20-17-14-11-8-5-2/h8,11,17,20,25,27,31,33,70H,4-7,9-10,12-16,18-19,21-24,26,28-30,32,34-69H2,1-3H3/b11-8-,20-17-,27-25-,33-31-. The Morgan fingerprint density at radius 3 is 0.772 bits per heavy atom. The van der Waals surface area contributed by atoms with Crippen molar-refractivity contribution in [3.8, 4) is 0 Å². The molecule has 0 saturated heterocycles. The van der Waals surface area contributed by atoms with Gasteiger partial charge < -0.3 is 14.2 Å². The normalized spacial score (nSPS) is 12.3. The minimum absolute atomic E-state index is 0.0694. The summed E-state index contributed by atoms with van der Waals surface area (Å²) in [4.78, 5) is 38.3. The van der Waals surface area contributed by atoms with Crippen LogP contribution in [0, 0.1) is 0 Å². The molecule has 0 aromatic carbocycles. The topological polar surface area (TPSA) is 78.9 Å². The van der Waals surface area contributed by atoms with Crippen molar-refractivity contribution in [3.05, 3.63) is 48.6 Å². The second-order valence-corrected chi connectivity index (χ2v) is 23.8. The van der Waals surface area contributed by atoms with E-state index in [-0.39, 0.29) is 31.1 Å². The number of hydrogen-bond donors (Lipinski definition) is 0. The van der Waals surface area contributed by atoms with Gasteiger partial charge in [-0.25, -0.2) is 0 Å². The zero-order valence-corrected chi connectivity index (χ0v) is 53.2. The molecule has 0 bridgehead atoms. The first-order chi connectivity index (χ1) is 39.0. The van der Waals surface area contributed by atoms with Crippen LogP contribution in [-0.2, 0) is 28.6 Å². The molecular formula is C73H134O6. The van der Waals surface area contributed by atoms with Gasteiger partial charge in [0.25, 0.3) is 0 Å². The van der Waals surface area contributed by atoms with Crippen LogP contribution in [0.25, 0.3) is 0 Å². The van der Waals surface area contributed by atoms with Crippen LogP contribution in [0.2, 0.25) is 0 Å². The maximum Gasteiger partial charge on any atom is 0.306 e. The lowest BCUT2D eigenvalue weighted by Crippen LogP contribution is -2.30. The molecule has 0 N–H and O–H groups in total. The van der Waals surface area contributed by atoms with Crippen molar-refractivity contribution in [1.29, 1.82) is 0 Å². The first-order valence-corrected chi connectivity index (χ1v) is 35.1. The van der Waals surface area contributed by atoms with Gasteiger partial charge in [-0.3, -0.25) is 14.4 Å². The highest BCUT2D eigenvalue weighted by Crippen LogP contribution is 2.19. The van der Waals surface area contributed by atoms with Crippen LogP contribution in [-0.4, -0.2) is 37.2 Å². The van der Waals surface area contributed by atoms with Crippen LogP contribution in [0.1, 0.15) is 380 Å². The maximum absolute atomic E-state index is 12.9. The maximum atomic E-state index is 12.9. The number of allylic oxidation sites excluding steroid dienone is 8. The van der Waals surface area contributed by atoms with E-state index in [1.807, 2.05) is 0 Å². The first-order valence-electron chi connectivity index (χ1n) is 35.1. The molecule has 0 amide bonds. The minimum atomic E-state index is -0.773. The van der Waals surface area contributed by atoms with Crippen LogP contribution in [0.15, 0.2) is 48.6 Å². The second-order valence-electron chi connectivity index (χ2n) is 23.8. The van der Waals surface area contributed by atoms with Gasteiger partial charge in [-0.1, -0.05) is 352 Å². The Kier molecular flexibility index (Phi) is 65.6. The number of unbranched alkanes of at least 4 members (excludes halogenated alkanes) is 46. The molecule has 462 valence electrons. The number of hydrogen-bond acceptors (Lipinski definition) is 6. The summed E-state index contributed by atoms with van der Waals surface area (Å²) >= 11 is 0. The van der Waals surface area contributed by atoms with E-state index in [0.29, 0.717) is 19.3 Å². The lowest BCUT2D eigenvalue weighted by molar-refractivity contribution is -0.167. The van der Waals surface area contributed by atoms with Gasteiger partial charge in [0.2, 0.25) is 0 Å². The SMILES string of the molecule is CC/C=C\C/C=C\C/C=C\C/C=C\CCCCCCCCCCCCC(=O)OC(COC(=O)CCCCCCCCCCCC)COC(=O)CCCCCCCCCCCCCCCCCCCCCCCCCCCCCC. The average Bonchev–Trinajstić information content (AvgIpc) is 3.45. The monoisotopic (exact) mass is 1110 g/mol. The Morgan fingerprint density at radius 1 is 0.266 bits per heavy atom. The number of ether oxygens (including phenoxy) is 3. The molecular weight excluding hydrogens is 973 g/mol. The molecule has 0 spiro atoms. The molecule has 0 aliphatic heterocycles. The zero-order valence-electron chi connectivity index (χ0n) is 53.2. The van der Waals surface area contributed by atoms with Gasteiger partial charge in [0.1, 0.15) is 13.2 Å². The lowest BCUT2D eigenvalue weighted by atomic mass is 10.0. The van der Waals surface area contributed by atoms with E-state index in [4.69, 9.17) is 14.2 Å². The van der Waals surface area contributed by atoms with Crippen LogP contribution >= 0.6 is 0 Å².